The monoisotopic (exact) mass is 367 g/mol. The molecule has 0 atom stereocenters. The number of anilines is 3. The molecule has 0 saturated carbocycles. The molecule has 0 fully saturated rings. The van der Waals surface area contributed by atoms with Gasteiger partial charge in [-0.05, 0) is 68.7 Å². The predicted octanol–water partition coefficient (Wildman–Crippen LogP) is 4.37. The Morgan fingerprint density at radius 2 is 1.52 bits per heavy atom. The van der Waals surface area contributed by atoms with E-state index in [9.17, 15) is 9.59 Å². The first-order chi connectivity index (χ1) is 13.0. The zero-order valence-electron chi connectivity index (χ0n) is 16.6. The van der Waals surface area contributed by atoms with E-state index < -0.39 is 0 Å². The quantitative estimate of drug-likeness (QED) is 0.681. The van der Waals surface area contributed by atoms with Crippen molar-refractivity contribution in [1.82, 2.24) is 0 Å². The highest BCUT2D eigenvalue weighted by Crippen LogP contribution is 2.23. The van der Waals surface area contributed by atoms with Crippen LogP contribution in [-0.4, -0.2) is 24.9 Å². The number of amides is 2. The topological polar surface area (TPSA) is 61.4 Å². The van der Waals surface area contributed by atoms with Crippen molar-refractivity contribution in [3.05, 3.63) is 53.6 Å². The van der Waals surface area contributed by atoms with Gasteiger partial charge in [-0.1, -0.05) is 19.1 Å². The van der Waals surface area contributed by atoms with Gasteiger partial charge in [0, 0.05) is 30.2 Å². The molecule has 0 heterocycles. The molecule has 144 valence electrons. The minimum atomic E-state index is -0.325. The second-order valence-corrected chi connectivity index (χ2v) is 6.50. The largest absolute Gasteiger partial charge is 0.372 e. The molecular formula is C22H29N3O2. The maximum absolute atomic E-state index is 12.2. The molecule has 5 heteroatoms. The number of carbonyl (C=O) groups is 2. The summed E-state index contributed by atoms with van der Waals surface area (Å²) in [4.78, 5) is 26.6. The molecule has 0 saturated heterocycles. The second kappa shape index (κ2) is 9.76. The Balaban J connectivity index is 1.93. The average Bonchev–Trinajstić information content (AvgIpc) is 2.65. The third kappa shape index (κ3) is 5.84. The molecule has 0 aliphatic carbocycles. The molecule has 2 amide bonds. The zero-order valence-corrected chi connectivity index (χ0v) is 16.6. The first-order valence-corrected chi connectivity index (χ1v) is 9.51. The van der Waals surface area contributed by atoms with E-state index in [0.29, 0.717) is 5.69 Å². The lowest BCUT2D eigenvalue weighted by molar-refractivity contribution is -0.123. The Labute approximate surface area is 161 Å². The Morgan fingerprint density at radius 3 is 2.07 bits per heavy atom. The number of carbonyl (C=O) groups excluding carboxylic acids is 2. The lowest BCUT2D eigenvalue weighted by Gasteiger charge is -2.22. The van der Waals surface area contributed by atoms with Crippen LogP contribution in [0.4, 0.5) is 17.1 Å². The van der Waals surface area contributed by atoms with Gasteiger partial charge in [0.25, 0.3) is 0 Å². The van der Waals surface area contributed by atoms with Gasteiger partial charge < -0.3 is 15.5 Å². The summed E-state index contributed by atoms with van der Waals surface area (Å²) in [5.74, 6) is -0.648. The van der Waals surface area contributed by atoms with Crippen molar-refractivity contribution in [2.24, 2.45) is 0 Å². The fourth-order valence-corrected chi connectivity index (χ4v) is 2.94. The number of nitrogens with zero attached hydrogens (tertiary/aromatic N) is 1. The van der Waals surface area contributed by atoms with E-state index in [1.165, 1.54) is 5.56 Å². The Hall–Kier alpha value is -2.82. The molecule has 0 spiro atoms. The van der Waals surface area contributed by atoms with Gasteiger partial charge in [0.2, 0.25) is 11.8 Å². The van der Waals surface area contributed by atoms with Crippen LogP contribution in [0.2, 0.25) is 0 Å². The molecule has 2 rings (SSSR count). The third-order valence-electron chi connectivity index (χ3n) is 4.58. The van der Waals surface area contributed by atoms with Gasteiger partial charge in [-0.15, -0.1) is 0 Å². The number of nitrogens with one attached hydrogen (secondary N) is 2. The zero-order chi connectivity index (χ0) is 19.8. The van der Waals surface area contributed by atoms with Crippen molar-refractivity contribution in [3.8, 4) is 0 Å². The lowest BCUT2D eigenvalue weighted by Crippen LogP contribution is -2.23. The van der Waals surface area contributed by atoms with Gasteiger partial charge in [-0.3, -0.25) is 9.59 Å². The number of rotatable bonds is 8. The van der Waals surface area contributed by atoms with E-state index in [2.05, 4.69) is 42.4 Å². The summed E-state index contributed by atoms with van der Waals surface area (Å²) in [5, 5.41) is 5.59. The molecule has 0 bridgehead atoms. The predicted molar refractivity (Wildman–Crippen MR) is 112 cm³/mol. The van der Waals surface area contributed by atoms with Crippen molar-refractivity contribution in [1.29, 1.82) is 0 Å². The first kappa shape index (κ1) is 20.5. The van der Waals surface area contributed by atoms with Crippen molar-refractivity contribution < 1.29 is 9.59 Å². The Bertz CT molecular complexity index is 781. The van der Waals surface area contributed by atoms with E-state index in [1.54, 1.807) is 0 Å². The summed E-state index contributed by atoms with van der Waals surface area (Å²) < 4.78 is 0. The summed E-state index contributed by atoms with van der Waals surface area (Å²) in [5.41, 5.74) is 4.74. The molecule has 0 aliphatic heterocycles. The van der Waals surface area contributed by atoms with Crippen LogP contribution < -0.4 is 15.5 Å². The van der Waals surface area contributed by atoms with Gasteiger partial charge in [0.15, 0.2) is 0 Å². The molecule has 27 heavy (non-hydrogen) atoms. The lowest BCUT2D eigenvalue weighted by atomic mass is 10.1. The molecule has 2 aromatic carbocycles. The van der Waals surface area contributed by atoms with Crippen LogP contribution in [0.25, 0.3) is 0 Å². The fraction of sp³-hybridized carbons (Fsp3) is 0.364. The fourth-order valence-electron chi connectivity index (χ4n) is 2.94. The SMILES string of the molecule is CCc1ccc(NC(=O)CC(=O)Nc2ccc(N(CC)CC)cc2C)cc1. The van der Waals surface area contributed by atoms with E-state index in [0.717, 1.165) is 36.4 Å². The summed E-state index contributed by atoms with van der Waals surface area (Å²) in [6.07, 6.45) is 0.732. The van der Waals surface area contributed by atoms with Crippen LogP contribution in [-0.2, 0) is 16.0 Å². The maximum atomic E-state index is 12.2. The molecule has 0 aliphatic rings. The van der Waals surface area contributed by atoms with Gasteiger partial charge in [-0.25, -0.2) is 0 Å². The summed E-state index contributed by atoms with van der Waals surface area (Å²) in [6, 6.07) is 13.6. The number of aryl methyl sites for hydroxylation is 2. The highest BCUT2D eigenvalue weighted by molar-refractivity contribution is 6.08. The van der Waals surface area contributed by atoms with E-state index >= 15 is 0 Å². The summed E-state index contributed by atoms with van der Waals surface area (Å²) in [6.45, 7) is 10.1. The molecular weight excluding hydrogens is 338 g/mol. The van der Waals surface area contributed by atoms with Crippen molar-refractivity contribution >= 4 is 28.9 Å². The standard InChI is InChI=1S/C22H29N3O2/c1-5-17-8-10-18(11-9-17)23-21(26)15-22(27)24-20-13-12-19(14-16(20)4)25(6-2)7-3/h8-14H,5-7,15H2,1-4H3,(H,23,26)(H,24,27). The van der Waals surface area contributed by atoms with Gasteiger partial charge in [0.1, 0.15) is 6.42 Å². The minimum absolute atomic E-state index is 0.216. The minimum Gasteiger partial charge on any atom is -0.372 e. The average molecular weight is 367 g/mol. The third-order valence-corrected chi connectivity index (χ3v) is 4.58. The van der Waals surface area contributed by atoms with Crippen molar-refractivity contribution in [3.63, 3.8) is 0 Å². The normalized spacial score (nSPS) is 10.4. The highest BCUT2D eigenvalue weighted by atomic mass is 16.2. The van der Waals surface area contributed by atoms with Gasteiger partial charge >= 0.3 is 0 Å². The molecule has 2 N–H and O–H groups in total. The second-order valence-electron chi connectivity index (χ2n) is 6.50. The van der Waals surface area contributed by atoms with Crippen LogP contribution >= 0.6 is 0 Å². The van der Waals surface area contributed by atoms with E-state index in [1.807, 2.05) is 43.3 Å². The van der Waals surface area contributed by atoms with Crippen molar-refractivity contribution in [2.45, 2.75) is 40.5 Å². The van der Waals surface area contributed by atoms with Gasteiger partial charge in [0.05, 0.1) is 0 Å². The Morgan fingerprint density at radius 1 is 0.889 bits per heavy atom. The molecule has 0 aromatic heterocycles. The van der Waals surface area contributed by atoms with E-state index in [-0.39, 0.29) is 18.2 Å². The Kier molecular flexibility index (Phi) is 7.41. The van der Waals surface area contributed by atoms with Crippen LogP contribution in [0, 0.1) is 6.92 Å². The number of hydrogen-bond acceptors (Lipinski definition) is 3. The maximum Gasteiger partial charge on any atom is 0.233 e. The van der Waals surface area contributed by atoms with Crippen LogP contribution in [0.15, 0.2) is 42.5 Å². The highest BCUT2D eigenvalue weighted by Gasteiger charge is 2.12. The van der Waals surface area contributed by atoms with Crippen LogP contribution in [0.3, 0.4) is 0 Å². The van der Waals surface area contributed by atoms with Crippen molar-refractivity contribution in [2.75, 3.05) is 28.6 Å². The van der Waals surface area contributed by atoms with E-state index in [4.69, 9.17) is 0 Å². The summed E-state index contributed by atoms with van der Waals surface area (Å²) in [7, 11) is 0. The van der Waals surface area contributed by atoms with Gasteiger partial charge in [-0.2, -0.15) is 0 Å². The number of hydrogen-bond donors (Lipinski definition) is 2. The molecule has 0 radical (unpaired) electrons. The number of benzene rings is 2. The smallest absolute Gasteiger partial charge is 0.233 e. The molecule has 0 unspecified atom stereocenters. The van der Waals surface area contributed by atoms with Crippen LogP contribution in [0.5, 0.6) is 0 Å². The van der Waals surface area contributed by atoms with Crippen LogP contribution in [0.1, 0.15) is 38.3 Å². The first-order valence-electron chi connectivity index (χ1n) is 9.51. The summed E-state index contributed by atoms with van der Waals surface area (Å²) >= 11 is 0. The molecule has 5 nitrogen and oxygen atoms in total. The molecule has 2 aromatic rings.